The molecular weight excluding hydrogens is 857 g/mol. The quantitative estimate of drug-likeness (QED) is 0.0345. The first-order valence-corrected chi connectivity index (χ1v) is 28.3. The van der Waals surface area contributed by atoms with E-state index in [4.69, 9.17) is 40.9 Å². The minimum absolute atomic E-state index is 0. The van der Waals surface area contributed by atoms with Crippen LogP contribution < -0.4 is 0 Å². The predicted octanol–water partition coefficient (Wildman–Crippen LogP) is 5.90. The normalized spacial score (nSPS) is 10.6. The summed E-state index contributed by atoms with van der Waals surface area (Å²) in [5.74, 6) is 19.8. The molecule has 0 saturated carbocycles. The van der Waals surface area contributed by atoms with E-state index in [1.807, 2.05) is 47.0 Å². The fourth-order valence-electron chi connectivity index (χ4n) is 3.30. The smallest absolute Gasteiger partial charge is 0.0521 e. The maximum Gasteiger partial charge on any atom is 0.0521 e. The molecule has 0 saturated heterocycles. The average molecular weight is 938 g/mol. The molecule has 0 aliphatic carbocycles. The third kappa shape index (κ3) is 59.9. The van der Waals surface area contributed by atoms with Crippen LogP contribution in [-0.2, 0) is 0 Å². The van der Waals surface area contributed by atoms with Gasteiger partial charge in [-0.05, 0) is 35.9 Å². The molecule has 8 nitrogen and oxygen atoms in total. The van der Waals surface area contributed by atoms with Crippen molar-refractivity contribution in [3.05, 3.63) is 0 Å². The monoisotopic (exact) mass is 936 g/mol. The molecule has 0 rings (SSSR count). The zero-order valence-electron chi connectivity index (χ0n) is 29.4. The van der Waals surface area contributed by atoms with Gasteiger partial charge in [-0.3, -0.25) is 0 Å². The molecule has 0 spiro atoms. The van der Waals surface area contributed by atoms with Gasteiger partial charge >= 0.3 is 0 Å². The Hall–Kier alpha value is 3.18. The fourth-order valence-corrected chi connectivity index (χ4v) is 13.5. The van der Waals surface area contributed by atoms with E-state index >= 15 is 0 Å². The van der Waals surface area contributed by atoms with E-state index in [1.165, 1.54) is 35.9 Å². The van der Waals surface area contributed by atoms with Gasteiger partial charge in [0.25, 0.3) is 0 Å². The number of thioether (sulfide) groups is 10. The number of rotatable bonds is 38. The Morgan fingerprint density at radius 1 is 0.231 bits per heavy atom. The molecule has 0 aliphatic rings. The van der Waals surface area contributed by atoms with Gasteiger partial charge in [0.15, 0.2) is 0 Å². The van der Waals surface area contributed by atoms with Gasteiger partial charge in [-0.15, -0.1) is 0 Å². The molecule has 0 amide bonds. The van der Waals surface area contributed by atoms with Crippen LogP contribution in [0.15, 0.2) is 0 Å². The summed E-state index contributed by atoms with van der Waals surface area (Å²) in [7, 11) is 0. The summed E-state index contributed by atoms with van der Waals surface area (Å²) in [6, 6.07) is 0. The molecule has 0 heterocycles. The molecule has 0 atom stereocenters. The third-order valence-electron chi connectivity index (χ3n) is 5.42. The molecule has 0 bridgehead atoms. The Kier molecular flexibility index (Phi) is 81.6. The van der Waals surface area contributed by atoms with Crippen LogP contribution in [0.1, 0.15) is 35.1 Å². The highest BCUT2D eigenvalue weighted by atomic mass is 32.2. The molecule has 8 N–H and O–H groups in total. The van der Waals surface area contributed by atoms with Gasteiger partial charge in [0.2, 0.25) is 0 Å². The standard InChI is InChI=1S/C13H28O4S4.C11H24O2S4.C7H16O2S2.3CH4/c14-1-5-18-9-13(10-19-6-2-15,11-20-7-3-16)12-21-8-4-17;12-2-6-16-10-8-14-4-1-5-15-9-11-17-7-3-13;8-2-6-10-4-1-5-11-7-3-9;;;/h14-17H,1-12H2;12-13H,1-11H2;8-9H,1-7H2;3*1H4. The number of aliphatic hydroxyl groups excluding tert-OH is 8. The van der Waals surface area contributed by atoms with E-state index < -0.39 is 0 Å². The van der Waals surface area contributed by atoms with Crippen molar-refractivity contribution in [2.24, 2.45) is 5.41 Å². The number of aliphatic hydroxyl groups is 8. The number of hydrogen-bond acceptors (Lipinski definition) is 18. The second-order valence-corrected chi connectivity index (χ2v) is 21.6. The van der Waals surface area contributed by atoms with Crippen LogP contribution in [-0.4, -0.2) is 209 Å². The first kappa shape index (κ1) is 67.0. The molecule has 0 aliphatic heterocycles. The van der Waals surface area contributed by atoms with Crippen LogP contribution in [0.2, 0.25) is 0 Å². The molecule has 18 heteroatoms. The summed E-state index contributed by atoms with van der Waals surface area (Å²) in [6.45, 7) is 1.95. The van der Waals surface area contributed by atoms with Crippen molar-refractivity contribution in [3.63, 3.8) is 0 Å². The van der Waals surface area contributed by atoms with Crippen molar-refractivity contribution in [1.82, 2.24) is 0 Å². The summed E-state index contributed by atoms with van der Waals surface area (Å²) in [4.78, 5) is 0. The number of hydrogen-bond donors (Lipinski definition) is 8. The van der Waals surface area contributed by atoms with Gasteiger partial charge in [-0.1, -0.05) is 22.3 Å². The lowest BCUT2D eigenvalue weighted by atomic mass is 9.99. The van der Waals surface area contributed by atoms with Crippen LogP contribution in [0.5, 0.6) is 0 Å². The van der Waals surface area contributed by atoms with Crippen LogP contribution >= 0.6 is 118 Å². The molecule has 0 aromatic heterocycles. The van der Waals surface area contributed by atoms with Crippen molar-refractivity contribution in [2.45, 2.75) is 35.1 Å². The van der Waals surface area contributed by atoms with E-state index in [9.17, 15) is 0 Å². The van der Waals surface area contributed by atoms with E-state index in [0.29, 0.717) is 13.2 Å². The highest BCUT2D eigenvalue weighted by molar-refractivity contribution is 8.04. The topological polar surface area (TPSA) is 162 Å². The molecule has 0 fully saturated rings. The second kappa shape index (κ2) is 63.4. The third-order valence-corrected chi connectivity index (χ3v) is 17.3. The lowest BCUT2D eigenvalue weighted by Crippen LogP contribution is -2.34. The molecular formula is C34H80O8S10. The highest BCUT2D eigenvalue weighted by Crippen LogP contribution is 2.35. The molecule has 0 aromatic carbocycles. The fraction of sp³-hybridized carbons (Fsp3) is 1.00. The maximum absolute atomic E-state index is 8.97. The zero-order valence-corrected chi connectivity index (χ0v) is 37.5. The lowest BCUT2D eigenvalue weighted by Gasteiger charge is -2.33. The largest absolute Gasteiger partial charge is 0.396 e. The first-order valence-electron chi connectivity index (χ1n) is 16.7. The Morgan fingerprint density at radius 2 is 0.404 bits per heavy atom. The molecule has 324 valence electrons. The summed E-state index contributed by atoms with van der Waals surface area (Å²) in [5.41, 5.74) is 0.110. The van der Waals surface area contributed by atoms with Crippen molar-refractivity contribution < 1.29 is 40.9 Å². The predicted molar refractivity (Wildman–Crippen MR) is 262 cm³/mol. The summed E-state index contributed by atoms with van der Waals surface area (Å²) in [5, 5.41) is 70.0. The van der Waals surface area contributed by atoms with Gasteiger partial charge in [0.1, 0.15) is 0 Å². The molecule has 52 heavy (non-hydrogen) atoms. The summed E-state index contributed by atoms with van der Waals surface area (Å²) < 4.78 is 0. The Bertz CT molecular complexity index is 505. The molecule has 0 unspecified atom stereocenters. The van der Waals surface area contributed by atoms with Gasteiger partial charge in [0, 0.05) is 97.5 Å². The SMILES string of the molecule is C.C.C.OCCSCC(CSCCO)(CSCCO)CSCCO.OCCSCCCSCCO.OCCSCCSCCCSCCSCCO. The van der Waals surface area contributed by atoms with Crippen LogP contribution in [0.4, 0.5) is 0 Å². The summed E-state index contributed by atoms with van der Waals surface area (Å²) >= 11 is 18.3. The van der Waals surface area contributed by atoms with E-state index in [0.717, 1.165) is 92.0 Å². The first-order chi connectivity index (χ1) is 24.1. The zero-order chi connectivity index (χ0) is 36.8. The van der Waals surface area contributed by atoms with Gasteiger partial charge in [-0.2, -0.15) is 118 Å². The second-order valence-electron chi connectivity index (χ2n) is 9.88. The van der Waals surface area contributed by atoms with Gasteiger partial charge < -0.3 is 40.9 Å². The van der Waals surface area contributed by atoms with Crippen LogP contribution in [0.3, 0.4) is 0 Å². The van der Waals surface area contributed by atoms with E-state index in [1.54, 1.807) is 70.6 Å². The molecule has 0 aromatic rings. The maximum atomic E-state index is 8.97. The van der Waals surface area contributed by atoms with Crippen molar-refractivity contribution >= 4 is 118 Å². The van der Waals surface area contributed by atoms with Crippen molar-refractivity contribution in [3.8, 4) is 0 Å². The minimum Gasteiger partial charge on any atom is -0.396 e. The average Bonchev–Trinajstić information content (AvgIpc) is 3.11. The molecule has 0 radical (unpaired) electrons. The van der Waals surface area contributed by atoms with E-state index in [-0.39, 0.29) is 67.3 Å². The highest BCUT2D eigenvalue weighted by Gasteiger charge is 2.30. The van der Waals surface area contributed by atoms with Gasteiger partial charge in [-0.25, -0.2) is 0 Å². The van der Waals surface area contributed by atoms with Crippen LogP contribution in [0.25, 0.3) is 0 Å². The van der Waals surface area contributed by atoms with Crippen molar-refractivity contribution in [1.29, 1.82) is 0 Å². The lowest BCUT2D eigenvalue weighted by molar-refractivity contribution is 0.321. The van der Waals surface area contributed by atoms with Crippen molar-refractivity contribution in [2.75, 3.05) is 168 Å². The van der Waals surface area contributed by atoms with E-state index in [2.05, 4.69) is 0 Å². The minimum atomic E-state index is 0. The Morgan fingerprint density at radius 3 is 0.615 bits per heavy atom. The van der Waals surface area contributed by atoms with Gasteiger partial charge in [0.05, 0.1) is 52.9 Å². The summed E-state index contributed by atoms with van der Waals surface area (Å²) in [6.07, 6.45) is 2.47. The Labute approximate surface area is 363 Å². The Balaban J connectivity index is -0.000000155. The van der Waals surface area contributed by atoms with Crippen LogP contribution in [0, 0.1) is 5.41 Å².